The highest BCUT2D eigenvalue weighted by molar-refractivity contribution is 5.24. The van der Waals surface area contributed by atoms with Crippen LogP contribution in [-0.2, 0) is 6.54 Å². The van der Waals surface area contributed by atoms with Gasteiger partial charge < -0.3 is 4.90 Å². The van der Waals surface area contributed by atoms with Crippen LogP contribution in [0.2, 0.25) is 0 Å². The van der Waals surface area contributed by atoms with Crippen LogP contribution in [0.1, 0.15) is 42.8 Å². The van der Waals surface area contributed by atoms with Gasteiger partial charge in [-0.3, -0.25) is 0 Å². The number of aromatic nitrogens is 4. The molecular formula is C21H24F2N5+. The Morgan fingerprint density at radius 1 is 1.00 bits per heavy atom. The third-order valence-corrected chi connectivity index (χ3v) is 5.59. The van der Waals surface area contributed by atoms with Crippen LogP contribution in [0, 0.1) is 17.6 Å². The Kier molecular flexibility index (Phi) is 5.43. The van der Waals surface area contributed by atoms with Crippen molar-refractivity contribution in [3.8, 4) is 0 Å². The lowest BCUT2D eigenvalue weighted by Gasteiger charge is -2.33. The highest BCUT2D eigenvalue weighted by Gasteiger charge is 2.33. The number of likely N-dealkylation sites (tertiary alicyclic amines) is 1. The van der Waals surface area contributed by atoms with Crippen LogP contribution < -0.4 is 4.90 Å². The molecule has 0 amide bonds. The SMILES string of the molecule is CC1CC[NH+]([C@H](c2ccc(F)cc2)c2nnnn2Cc2ccc(F)cc2)CC1. The Labute approximate surface area is 163 Å². The van der Waals surface area contributed by atoms with Gasteiger partial charge in [-0.2, -0.15) is 0 Å². The van der Waals surface area contributed by atoms with Crippen LogP contribution in [0.4, 0.5) is 8.78 Å². The number of nitrogens with zero attached hydrogens (tertiary/aromatic N) is 4. The summed E-state index contributed by atoms with van der Waals surface area (Å²) < 4.78 is 28.5. The molecule has 1 saturated heterocycles. The second kappa shape index (κ2) is 8.14. The summed E-state index contributed by atoms with van der Waals surface area (Å²) in [6.45, 7) is 4.78. The van der Waals surface area contributed by atoms with Gasteiger partial charge in [0.25, 0.3) is 0 Å². The van der Waals surface area contributed by atoms with Gasteiger partial charge in [-0.05, 0) is 71.1 Å². The lowest BCUT2D eigenvalue weighted by Crippen LogP contribution is -3.13. The molecule has 1 aromatic heterocycles. The van der Waals surface area contributed by atoms with E-state index in [2.05, 4.69) is 22.4 Å². The van der Waals surface area contributed by atoms with Crippen LogP contribution in [0.25, 0.3) is 0 Å². The summed E-state index contributed by atoms with van der Waals surface area (Å²) in [6.07, 6.45) is 2.29. The van der Waals surface area contributed by atoms with Crippen molar-refractivity contribution in [3.63, 3.8) is 0 Å². The first-order valence-corrected chi connectivity index (χ1v) is 9.70. The minimum absolute atomic E-state index is 0.0662. The molecule has 5 nitrogen and oxygen atoms in total. The van der Waals surface area contributed by atoms with E-state index >= 15 is 0 Å². The van der Waals surface area contributed by atoms with Crippen molar-refractivity contribution < 1.29 is 13.7 Å². The molecule has 1 fully saturated rings. The molecule has 0 spiro atoms. The standard InChI is InChI=1S/C21H23F2N5/c1-15-10-12-27(13-11-15)20(17-4-8-19(23)9-5-17)21-24-25-26-28(21)14-16-2-6-18(22)7-3-16/h2-9,15,20H,10-14H2,1H3/p+1/t20-/m1/s1. The van der Waals surface area contributed by atoms with Gasteiger partial charge in [-0.1, -0.05) is 19.1 Å². The third kappa shape index (κ3) is 4.09. The summed E-state index contributed by atoms with van der Waals surface area (Å²) in [4.78, 5) is 1.39. The third-order valence-electron chi connectivity index (χ3n) is 5.59. The Morgan fingerprint density at radius 2 is 1.61 bits per heavy atom. The molecule has 146 valence electrons. The lowest BCUT2D eigenvalue weighted by molar-refractivity contribution is -0.932. The summed E-state index contributed by atoms with van der Waals surface area (Å²) in [5.74, 6) is 0.945. The second-order valence-corrected chi connectivity index (χ2v) is 7.65. The zero-order valence-corrected chi connectivity index (χ0v) is 15.9. The first-order valence-electron chi connectivity index (χ1n) is 9.70. The van der Waals surface area contributed by atoms with Gasteiger partial charge in [0, 0.05) is 5.56 Å². The quantitative estimate of drug-likeness (QED) is 0.735. The average molecular weight is 384 g/mol. The van der Waals surface area contributed by atoms with Crippen molar-refractivity contribution in [1.29, 1.82) is 0 Å². The van der Waals surface area contributed by atoms with Gasteiger partial charge in [0.1, 0.15) is 11.6 Å². The summed E-state index contributed by atoms with van der Waals surface area (Å²) >= 11 is 0. The van der Waals surface area contributed by atoms with Gasteiger partial charge in [0.2, 0.25) is 5.82 Å². The van der Waals surface area contributed by atoms with E-state index in [9.17, 15) is 8.78 Å². The molecule has 1 aliphatic rings. The summed E-state index contributed by atoms with van der Waals surface area (Å²) in [5.41, 5.74) is 1.93. The van der Waals surface area contributed by atoms with Crippen molar-refractivity contribution in [1.82, 2.24) is 20.2 Å². The zero-order valence-electron chi connectivity index (χ0n) is 15.9. The van der Waals surface area contributed by atoms with Crippen molar-refractivity contribution in [2.24, 2.45) is 5.92 Å². The maximum atomic E-state index is 13.5. The minimum atomic E-state index is -0.267. The highest BCUT2D eigenvalue weighted by Crippen LogP contribution is 2.20. The number of tetrazole rings is 1. The number of rotatable bonds is 5. The maximum absolute atomic E-state index is 13.5. The monoisotopic (exact) mass is 384 g/mol. The van der Waals surface area contributed by atoms with Crippen LogP contribution in [0.15, 0.2) is 48.5 Å². The molecule has 0 radical (unpaired) electrons. The van der Waals surface area contributed by atoms with Gasteiger partial charge in [-0.25, -0.2) is 13.5 Å². The molecule has 0 aliphatic carbocycles. The van der Waals surface area contributed by atoms with E-state index in [0.29, 0.717) is 12.5 Å². The molecule has 3 aromatic rings. The van der Waals surface area contributed by atoms with Crippen molar-refractivity contribution in [2.45, 2.75) is 32.4 Å². The Morgan fingerprint density at radius 3 is 2.25 bits per heavy atom. The largest absolute Gasteiger partial charge is 0.322 e. The van der Waals surface area contributed by atoms with E-state index in [0.717, 1.165) is 42.9 Å². The normalized spacial score (nSPS) is 20.8. The predicted octanol–water partition coefficient (Wildman–Crippen LogP) is 2.40. The molecule has 1 N–H and O–H groups in total. The molecule has 1 aliphatic heterocycles. The van der Waals surface area contributed by atoms with E-state index in [1.807, 2.05) is 12.1 Å². The highest BCUT2D eigenvalue weighted by atomic mass is 19.1. The lowest BCUT2D eigenvalue weighted by atomic mass is 9.95. The molecular weight excluding hydrogens is 360 g/mol. The fourth-order valence-electron chi connectivity index (χ4n) is 3.94. The Bertz CT molecular complexity index is 899. The topological polar surface area (TPSA) is 48.0 Å². The number of nitrogens with one attached hydrogen (secondary N) is 1. The number of halogens is 2. The summed E-state index contributed by atoms with van der Waals surface area (Å²) in [5, 5.41) is 12.4. The van der Waals surface area contributed by atoms with Crippen molar-refractivity contribution in [2.75, 3.05) is 13.1 Å². The molecule has 0 unspecified atom stereocenters. The first kappa shape index (κ1) is 18.7. The zero-order chi connectivity index (χ0) is 19.5. The smallest absolute Gasteiger partial charge is 0.214 e. The van der Waals surface area contributed by atoms with E-state index in [-0.39, 0.29) is 17.7 Å². The fraction of sp³-hybridized carbons (Fsp3) is 0.381. The predicted molar refractivity (Wildman–Crippen MR) is 101 cm³/mol. The average Bonchev–Trinajstić information content (AvgIpc) is 3.14. The van der Waals surface area contributed by atoms with Crippen LogP contribution >= 0.6 is 0 Å². The Balaban J connectivity index is 1.67. The molecule has 28 heavy (non-hydrogen) atoms. The number of quaternary nitrogens is 1. The van der Waals surface area contributed by atoms with Crippen LogP contribution in [0.3, 0.4) is 0 Å². The first-order chi connectivity index (χ1) is 13.6. The van der Waals surface area contributed by atoms with E-state index < -0.39 is 0 Å². The Hall–Kier alpha value is -2.67. The summed E-state index contributed by atoms with van der Waals surface area (Å²) in [7, 11) is 0. The number of hydrogen-bond donors (Lipinski definition) is 1. The van der Waals surface area contributed by atoms with Crippen LogP contribution in [0.5, 0.6) is 0 Å². The number of hydrogen-bond acceptors (Lipinski definition) is 3. The van der Waals surface area contributed by atoms with Gasteiger partial charge in [0.05, 0.1) is 19.6 Å². The molecule has 4 rings (SSSR count). The molecule has 2 aromatic carbocycles. The molecule has 0 saturated carbocycles. The maximum Gasteiger partial charge on any atom is 0.214 e. The fourth-order valence-corrected chi connectivity index (χ4v) is 3.94. The van der Waals surface area contributed by atoms with Gasteiger partial charge in [-0.15, -0.1) is 5.10 Å². The number of piperidine rings is 1. The van der Waals surface area contributed by atoms with Crippen molar-refractivity contribution in [3.05, 3.63) is 77.1 Å². The minimum Gasteiger partial charge on any atom is -0.322 e. The molecule has 2 heterocycles. The van der Waals surface area contributed by atoms with E-state index in [1.165, 1.54) is 29.2 Å². The van der Waals surface area contributed by atoms with E-state index in [4.69, 9.17) is 0 Å². The number of benzene rings is 2. The van der Waals surface area contributed by atoms with Gasteiger partial charge >= 0.3 is 0 Å². The van der Waals surface area contributed by atoms with Crippen molar-refractivity contribution >= 4 is 0 Å². The van der Waals surface area contributed by atoms with Crippen LogP contribution in [-0.4, -0.2) is 33.3 Å². The van der Waals surface area contributed by atoms with E-state index in [1.54, 1.807) is 16.8 Å². The van der Waals surface area contributed by atoms with Gasteiger partial charge in [0.15, 0.2) is 6.04 Å². The summed E-state index contributed by atoms with van der Waals surface area (Å²) in [6, 6.07) is 12.9. The molecule has 0 bridgehead atoms. The molecule has 1 atom stereocenters. The second-order valence-electron chi connectivity index (χ2n) is 7.65. The molecule has 7 heteroatoms.